The summed E-state index contributed by atoms with van der Waals surface area (Å²) in [5, 5.41) is 11.3. The van der Waals surface area contributed by atoms with E-state index in [9.17, 15) is 14.4 Å². The summed E-state index contributed by atoms with van der Waals surface area (Å²) in [5.41, 5.74) is -0.593. The normalized spacial score (nSPS) is 12.4. The van der Waals surface area contributed by atoms with Gasteiger partial charge in [-0.05, 0) is 51.0 Å². The number of carboxylic acid groups (broad SMARTS) is 1. The molecule has 0 aliphatic heterocycles. The third-order valence-corrected chi connectivity index (χ3v) is 2.91. The van der Waals surface area contributed by atoms with Gasteiger partial charge in [0.2, 0.25) is 0 Å². The Hall–Kier alpha value is -2.57. The predicted molar refractivity (Wildman–Crippen MR) is 87.0 cm³/mol. The molecule has 0 saturated carbocycles. The Morgan fingerprint density at radius 2 is 1.62 bits per heavy atom. The number of alkyl carbamates (subject to hydrolysis) is 1. The minimum Gasteiger partial charge on any atom is -0.478 e. The average molecular weight is 337 g/mol. The zero-order valence-electron chi connectivity index (χ0n) is 14.5. The first-order valence-corrected chi connectivity index (χ1v) is 7.54. The lowest BCUT2D eigenvalue weighted by atomic mass is 10.1. The Balaban J connectivity index is 2.76. The van der Waals surface area contributed by atoms with E-state index < -0.39 is 29.7 Å². The Kier molecular flexibility index (Phi) is 6.34. The number of hydrogen-bond acceptors (Lipinski definition) is 5. The third-order valence-electron chi connectivity index (χ3n) is 2.91. The highest BCUT2D eigenvalue weighted by Crippen LogP contribution is 2.15. The van der Waals surface area contributed by atoms with Crippen molar-refractivity contribution in [2.24, 2.45) is 5.92 Å². The van der Waals surface area contributed by atoms with Crippen LogP contribution in [0.1, 0.15) is 45.0 Å². The van der Waals surface area contributed by atoms with Gasteiger partial charge in [-0.2, -0.15) is 0 Å². The van der Waals surface area contributed by atoms with Gasteiger partial charge < -0.3 is 19.9 Å². The third kappa shape index (κ3) is 6.28. The largest absolute Gasteiger partial charge is 0.478 e. The SMILES string of the molecule is CC(C)[C@H](NC(=O)OC(C)(C)C)C(=O)Oc1ccc(C(=O)O)cc1. The van der Waals surface area contributed by atoms with E-state index in [-0.39, 0.29) is 17.2 Å². The monoisotopic (exact) mass is 337 g/mol. The highest BCUT2D eigenvalue weighted by atomic mass is 16.6. The average Bonchev–Trinajstić information content (AvgIpc) is 2.43. The molecule has 24 heavy (non-hydrogen) atoms. The standard InChI is InChI=1S/C17H23NO6/c1-10(2)13(18-16(22)24-17(3,4)5)15(21)23-12-8-6-11(7-9-12)14(19)20/h6-10,13H,1-5H3,(H,18,22)(H,19,20)/t13-/m0/s1. The molecule has 1 aromatic rings. The maximum Gasteiger partial charge on any atom is 0.408 e. The molecule has 0 radical (unpaired) electrons. The number of amides is 1. The van der Waals surface area contributed by atoms with E-state index in [1.807, 2.05) is 0 Å². The number of carboxylic acids is 1. The molecule has 0 saturated heterocycles. The van der Waals surface area contributed by atoms with Crippen LogP contribution < -0.4 is 10.1 Å². The molecule has 0 bridgehead atoms. The molecule has 1 amide bonds. The fourth-order valence-corrected chi connectivity index (χ4v) is 1.78. The molecule has 7 heteroatoms. The summed E-state index contributed by atoms with van der Waals surface area (Å²) in [7, 11) is 0. The van der Waals surface area contributed by atoms with E-state index >= 15 is 0 Å². The van der Waals surface area contributed by atoms with Gasteiger partial charge in [-0.1, -0.05) is 13.8 Å². The van der Waals surface area contributed by atoms with Gasteiger partial charge in [-0.25, -0.2) is 14.4 Å². The number of benzene rings is 1. The number of esters is 1. The summed E-state index contributed by atoms with van der Waals surface area (Å²) in [4.78, 5) is 34.9. The topological polar surface area (TPSA) is 102 Å². The molecule has 7 nitrogen and oxygen atoms in total. The fourth-order valence-electron chi connectivity index (χ4n) is 1.78. The first kappa shape index (κ1) is 19.5. The molecule has 0 spiro atoms. The number of hydrogen-bond donors (Lipinski definition) is 2. The van der Waals surface area contributed by atoms with E-state index in [2.05, 4.69) is 5.32 Å². The Labute approximate surface area is 141 Å². The van der Waals surface area contributed by atoms with Gasteiger partial charge in [-0.15, -0.1) is 0 Å². The second kappa shape index (κ2) is 7.81. The molecule has 1 atom stereocenters. The summed E-state index contributed by atoms with van der Waals surface area (Å²) in [5.74, 6) is -1.75. The zero-order valence-corrected chi connectivity index (χ0v) is 14.5. The van der Waals surface area contributed by atoms with E-state index in [1.54, 1.807) is 34.6 Å². The van der Waals surface area contributed by atoms with Crippen molar-refractivity contribution in [3.8, 4) is 5.75 Å². The Morgan fingerprint density at radius 1 is 1.08 bits per heavy atom. The molecule has 2 N–H and O–H groups in total. The van der Waals surface area contributed by atoms with Crippen LogP contribution in [0, 0.1) is 5.92 Å². The summed E-state index contributed by atoms with van der Waals surface area (Å²) < 4.78 is 10.3. The smallest absolute Gasteiger partial charge is 0.408 e. The van der Waals surface area contributed by atoms with Crippen molar-refractivity contribution < 1.29 is 29.0 Å². The van der Waals surface area contributed by atoms with Gasteiger partial charge in [0.1, 0.15) is 17.4 Å². The molecule has 0 fully saturated rings. The van der Waals surface area contributed by atoms with Crippen LogP contribution in [0.5, 0.6) is 5.75 Å². The summed E-state index contributed by atoms with van der Waals surface area (Å²) in [6.45, 7) is 8.69. The molecule has 0 aliphatic carbocycles. The number of nitrogens with one attached hydrogen (secondary N) is 1. The van der Waals surface area contributed by atoms with Gasteiger partial charge >= 0.3 is 18.0 Å². The van der Waals surface area contributed by atoms with E-state index in [0.29, 0.717) is 0 Å². The minimum atomic E-state index is -1.07. The number of carbonyl (C=O) groups is 3. The Morgan fingerprint density at radius 3 is 2.04 bits per heavy atom. The molecule has 0 heterocycles. The van der Waals surface area contributed by atoms with Crippen molar-refractivity contribution >= 4 is 18.0 Å². The zero-order chi connectivity index (χ0) is 18.5. The molecule has 132 valence electrons. The molecule has 1 aromatic carbocycles. The number of carbonyl (C=O) groups excluding carboxylic acids is 2. The lowest BCUT2D eigenvalue weighted by Gasteiger charge is -2.24. The summed E-state index contributed by atoms with van der Waals surface area (Å²) in [6, 6.07) is 4.53. The second-order valence-corrected chi connectivity index (χ2v) is 6.62. The van der Waals surface area contributed by atoms with Crippen molar-refractivity contribution in [3.63, 3.8) is 0 Å². The second-order valence-electron chi connectivity index (χ2n) is 6.62. The maximum atomic E-state index is 12.3. The van der Waals surface area contributed by atoms with Crippen LogP contribution in [-0.2, 0) is 9.53 Å². The van der Waals surface area contributed by atoms with E-state index in [4.69, 9.17) is 14.6 Å². The van der Waals surface area contributed by atoms with Gasteiger partial charge in [-0.3, -0.25) is 0 Å². The van der Waals surface area contributed by atoms with Crippen LogP contribution in [0.4, 0.5) is 4.79 Å². The number of aromatic carboxylic acids is 1. The minimum absolute atomic E-state index is 0.0853. The number of ether oxygens (including phenoxy) is 2. The quantitative estimate of drug-likeness (QED) is 0.633. The van der Waals surface area contributed by atoms with Crippen molar-refractivity contribution in [3.05, 3.63) is 29.8 Å². The van der Waals surface area contributed by atoms with Crippen LogP contribution in [0.15, 0.2) is 24.3 Å². The highest BCUT2D eigenvalue weighted by Gasteiger charge is 2.28. The van der Waals surface area contributed by atoms with Crippen molar-refractivity contribution in [1.82, 2.24) is 5.32 Å². The first-order valence-electron chi connectivity index (χ1n) is 7.54. The summed E-state index contributed by atoms with van der Waals surface area (Å²) >= 11 is 0. The summed E-state index contributed by atoms with van der Waals surface area (Å²) in [6.07, 6.45) is -0.709. The molecule has 0 aromatic heterocycles. The molecular weight excluding hydrogens is 314 g/mol. The molecule has 0 unspecified atom stereocenters. The van der Waals surface area contributed by atoms with E-state index in [1.165, 1.54) is 24.3 Å². The lowest BCUT2D eigenvalue weighted by molar-refractivity contribution is -0.137. The van der Waals surface area contributed by atoms with Crippen LogP contribution >= 0.6 is 0 Å². The van der Waals surface area contributed by atoms with Gasteiger partial charge in [0.05, 0.1) is 5.56 Å². The molecular formula is C17H23NO6. The van der Waals surface area contributed by atoms with Crippen LogP contribution in [0.25, 0.3) is 0 Å². The lowest BCUT2D eigenvalue weighted by Crippen LogP contribution is -2.48. The Bertz CT molecular complexity index is 601. The molecule has 0 aliphatic rings. The van der Waals surface area contributed by atoms with Crippen molar-refractivity contribution in [1.29, 1.82) is 0 Å². The van der Waals surface area contributed by atoms with Gasteiger partial charge in [0.15, 0.2) is 0 Å². The van der Waals surface area contributed by atoms with Gasteiger partial charge in [0.25, 0.3) is 0 Å². The number of rotatable bonds is 5. The van der Waals surface area contributed by atoms with E-state index in [0.717, 1.165) is 0 Å². The fraction of sp³-hybridized carbons (Fsp3) is 0.471. The van der Waals surface area contributed by atoms with Gasteiger partial charge in [0, 0.05) is 0 Å². The maximum absolute atomic E-state index is 12.3. The molecule has 1 rings (SSSR count). The van der Waals surface area contributed by atoms with Crippen LogP contribution in [-0.4, -0.2) is 34.8 Å². The van der Waals surface area contributed by atoms with Crippen LogP contribution in [0.2, 0.25) is 0 Å². The van der Waals surface area contributed by atoms with Crippen LogP contribution in [0.3, 0.4) is 0 Å². The predicted octanol–water partition coefficient (Wildman–Crippen LogP) is 2.84. The first-order chi connectivity index (χ1) is 11.0. The highest BCUT2D eigenvalue weighted by molar-refractivity contribution is 5.88. The van der Waals surface area contributed by atoms with Crippen molar-refractivity contribution in [2.75, 3.05) is 0 Å². The van der Waals surface area contributed by atoms with Crippen molar-refractivity contribution in [2.45, 2.75) is 46.3 Å².